The standard InChI is InChI=1S/C34H42N6O2/c1-25-14-16-26(17-15-25)18-19-32(41)38-23-29-20-22-40(33(42)31(39-29)13-8-21-37-34(35)36)24-30(27-9-4-2-5-10-27)28-11-6-3-7-12-28/h2-7,9-12,14-19,29-31,39H,8,13,20-24H2,1H3,(H,38,41)(H4,35,36,37)/b19-18+. The number of hydrogen-bond donors (Lipinski definition) is 4. The lowest BCUT2D eigenvalue weighted by molar-refractivity contribution is -0.133. The fourth-order valence-corrected chi connectivity index (χ4v) is 5.26. The van der Waals surface area contributed by atoms with E-state index in [-0.39, 0.29) is 29.7 Å². The first-order valence-electron chi connectivity index (χ1n) is 14.6. The van der Waals surface area contributed by atoms with Crippen LogP contribution in [0.5, 0.6) is 0 Å². The van der Waals surface area contributed by atoms with Gasteiger partial charge in [0.05, 0.1) is 6.04 Å². The summed E-state index contributed by atoms with van der Waals surface area (Å²) in [5.74, 6) is -0.0154. The number of carbonyl (C=O) groups is 2. The summed E-state index contributed by atoms with van der Waals surface area (Å²) >= 11 is 0. The molecule has 1 fully saturated rings. The number of nitrogens with two attached hydrogens (primary N) is 2. The lowest BCUT2D eigenvalue weighted by atomic mass is 9.90. The molecular weight excluding hydrogens is 524 g/mol. The van der Waals surface area contributed by atoms with Crippen LogP contribution in [-0.2, 0) is 9.59 Å². The first kappa shape index (κ1) is 30.5. The van der Waals surface area contributed by atoms with Gasteiger partial charge in [-0.3, -0.25) is 14.6 Å². The molecule has 1 saturated heterocycles. The molecule has 1 aliphatic rings. The molecule has 8 heteroatoms. The second kappa shape index (κ2) is 15.5. The Hall–Kier alpha value is -4.43. The first-order chi connectivity index (χ1) is 20.4. The lowest BCUT2D eigenvalue weighted by Crippen LogP contribution is -2.49. The summed E-state index contributed by atoms with van der Waals surface area (Å²) in [6.45, 7) is 4.06. The van der Waals surface area contributed by atoms with Gasteiger partial charge in [-0.15, -0.1) is 0 Å². The van der Waals surface area contributed by atoms with Crippen LogP contribution in [0.1, 0.15) is 47.4 Å². The second-order valence-corrected chi connectivity index (χ2v) is 10.8. The summed E-state index contributed by atoms with van der Waals surface area (Å²) in [5, 5.41) is 6.54. The van der Waals surface area contributed by atoms with E-state index in [1.54, 1.807) is 12.2 Å². The van der Waals surface area contributed by atoms with Gasteiger partial charge in [0.2, 0.25) is 11.8 Å². The van der Waals surface area contributed by atoms with E-state index >= 15 is 0 Å². The normalized spacial score (nSPS) is 17.3. The van der Waals surface area contributed by atoms with E-state index in [4.69, 9.17) is 11.5 Å². The molecule has 2 atom stereocenters. The van der Waals surface area contributed by atoms with E-state index in [1.807, 2.05) is 72.5 Å². The molecule has 3 aromatic carbocycles. The fourth-order valence-electron chi connectivity index (χ4n) is 5.26. The predicted octanol–water partition coefficient (Wildman–Crippen LogP) is 3.57. The van der Waals surface area contributed by atoms with Gasteiger partial charge in [-0.05, 0) is 49.0 Å². The van der Waals surface area contributed by atoms with Crippen molar-refractivity contribution in [2.45, 2.75) is 44.2 Å². The molecule has 0 spiro atoms. The fraction of sp³-hybridized carbons (Fsp3) is 0.324. The number of carbonyl (C=O) groups excluding carboxylic acids is 2. The minimum Gasteiger partial charge on any atom is -0.370 e. The van der Waals surface area contributed by atoms with Gasteiger partial charge in [0, 0.05) is 44.2 Å². The topological polar surface area (TPSA) is 126 Å². The zero-order valence-electron chi connectivity index (χ0n) is 24.3. The molecule has 0 bridgehead atoms. The number of nitrogens with one attached hydrogen (secondary N) is 2. The molecule has 1 heterocycles. The van der Waals surface area contributed by atoms with Crippen molar-refractivity contribution < 1.29 is 9.59 Å². The van der Waals surface area contributed by atoms with Crippen molar-refractivity contribution >= 4 is 23.8 Å². The molecule has 0 aromatic heterocycles. The van der Waals surface area contributed by atoms with Crippen molar-refractivity contribution in [3.05, 3.63) is 113 Å². The Kier molecular flexibility index (Phi) is 11.3. The van der Waals surface area contributed by atoms with Crippen molar-refractivity contribution in [2.24, 2.45) is 16.5 Å². The largest absolute Gasteiger partial charge is 0.370 e. The first-order valence-corrected chi connectivity index (χ1v) is 14.6. The van der Waals surface area contributed by atoms with E-state index in [9.17, 15) is 9.59 Å². The monoisotopic (exact) mass is 566 g/mol. The molecule has 4 rings (SSSR count). The highest BCUT2D eigenvalue weighted by molar-refractivity contribution is 5.91. The number of benzene rings is 3. The Morgan fingerprint density at radius 2 is 1.67 bits per heavy atom. The van der Waals surface area contributed by atoms with Gasteiger partial charge >= 0.3 is 0 Å². The summed E-state index contributed by atoms with van der Waals surface area (Å²) in [4.78, 5) is 32.6. The van der Waals surface area contributed by atoms with Crippen LogP contribution >= 0.6 is 0 Å². The van der Waals surface area contributed by atoms with Crippen LogP contribution in [0.15, 0.2) is 96.0 Å². The third-order valence-electron chi connectivity index (χ3n) is 7.57. The summed E-state index contributed by atoms with van der Waals surface area (Å²) in [6, 6.07) is 28.2. The van der Waals surface area contributed by atoms with Crippen LogP contribution in [0.25, 0.3) is 6.08 Å². The lowest BCUT2D eigenvalue weighted by Gasteiger charge is -2.29. The SMILES string of the molecule is Cc1ccc(/C=C/C(=O)NCC2CCN(CC(c3ccccc3)c3ccccc3)C(=O)C(CCCN=C(N)N)N2)cc1. The Balaban J connectivity index is 1.46. The highest BCUT2D eigenvalue weighted by atomic mass is 16.2. The summed E-state index contributed by atoms with van der Waals surface area (Å²) in [5.41, 5.74) is 15.5. The van der Waals surface area contributed by atoms with Gasteiger partial charge in [-0.25, -0.2) is 0 Å². The van der Waals surface area contributed by atoms with E-state index < -0.39 is 6.04 Å². The van der Waals surface area contributed by atoms with Gasteiger partial charge in [0.25, 0.3) is 0 Å². The molecule has 6 N–H and O–H groups in total. The highest BCUT2D eigenvalue weighted by Gasteiger charge is 2.32. The minimum atomic E-state index is -0.404. The van der Waals surface area contributed by atoms with Crippen LogP contribution < -0.4 is 22.1 Å². The van der Waals surface area contributed by atoms with Crippen molar-refractivity contribution in [3.63, 3.8) is 0 Å². The van der Waals surface area contributed by atoms with Crippen LogP contribution in [0.4, 0.5) is 0 Å². The van der Waals surface area contributed by atoms with Gasteiger partial charge in [0.15, 0.2) is 5.96 Å². The zero-order chi connectivity index (χ0) is 29.7. The number of nitrogens with zero attached hydrogens (tertiary/aromatic N) is 2. The van der Waals surface area contributed by atoms with E-state index in [2.05, 4.69) is 39.9 Å². The highest BCUT2D eigenvalue weighted by Crippen LogP contribution is 2.27. The predicted molar refractivity (Wildman–Crippen MR) is 170 cm³/mol. The third kappa shape index (κ3) is 9.31. The third-order valence-corrected chi connectivity index (χ3v) is 7.57. The number of rotatable bonds is 12. The van der Waals surface area contributed by atoms with Gasteiger partial charge in [0.1, 0.15) is 0 Å². The van der Waals surface area contributed by atoms with Crippen LogP contribution in [0, 0.1) is 6.92 Å². The second-order valence-electron chi connectivity index (χ2n) is 10.8. The quantitative estimate of drug-likeness (QED) is 0.115. The Bertz CT molecular complexity index is 1300. The van der Waals surface area contributed by atoms with Gasteiger partial charge < -0.3 is 27.0 Å². The molecule has 1 aliphatic heterocycles. The Morgan fingerprint density at radius 3 is 2.29 bits per heavy atom. The molecule has 0 radical (unpaired) electrons. The molecule has 42 heavy (non-hydrogen) atoms. The number of aliphatic imine (C=N–C) groups is 1. The van der Waals surface area contributed by atoms with Crippen LogP contribution in [0.2, 0.25) is 0 Å². The number of guanidine groups is 1. The van der Waals surface area contributed by atoms with Gasteiger partial charge in [-0.2, -0.15) is 0 Å². The molecule has 0 aliphatic carbocycles. The average molecular weight is 567 g/mol. The van der Waals surface area contributed by atoms with Crippen molar-refractivity contribution in [2.75, 3.05) is 26.2 Å². The Morgan fingerprint density at radius 1 is 1.02 bits per heavy atom. The van der Waals surface area contributed by atoms with E-state index in [0.29, 0.717) is 45.4 Å². The average Bonchev–Trinajstić information content (AvgIpc) is 3.15. The smallest absolute Gasteiger partial charge is 0.244 e. The summed E-state index contributed by atoms with van der Waals surface area (Å²) in [7, 11) is 0. The molecular formula is C34H42N6O2. The molecule has 0 saturated carbocycles. The molecule has 220 valence electrons. The van der Waals surface area contributed by atoms with Crippen LogP contribution in [-0.4, -0.2) is 60.9 Å². The van der Waals surface area contributed by atoms with E-state index in [0.717, 1.165) is 5.56 Å². The minimum absolute atomic E-state index is 0.0433. The Labute approximate surface area is 248 Å². The maximum atomic E-state index is 13.9. The number of hydrogen-bond acceptors (Lipinski definition) is 4. The molecule has 8 nitrogen and oxygen atoms in total. The molecule has 2 amide bonds. The van der Waals surface area contributed by atoms with Crippen molar-refractivity contribution in [1.29, 1.82) is 0 Å². The summed E-state index contributed by atoms with van der Waals surface area (Å²) < 4.78 is 0. The summed E-state index contributed by atoms with van der Waals surface area (Å²) in [6.07, 6.45) is 5.32. The van der Waals surface area contributed by atoms with E-state index in [1.165, 1.54) is 16.7 Å². The molecule has 3 aromatic rings. The maximum absolute atomic E-state index is 13.9. The van der Waals surface area contributed by atoms with Crippen LogP contribution in [0.3, 0.4) is 0 Å². The number of aryl methyl sites for hydroxylation is 1. The van der Waals surface area contributed by atoms with Gasteiger partial charge in [-0.1, -0.05) is 90.5 Å². The molecule has 2 unspecified atom stereocenters. The number of amides is 2. The maximum Gasteiger partial charge on any atom is 0.244 e. The van der Waals surface area contributed by atoms with Crippen molar-refractivity contribution in [1.82, 2.24) is 15.5 Å². The van der Waals surface area contributed by atoms with Crippen molar-refractivity contribution in [3.8, 4) is 0 Å². The zero-order valence-corrected chi connectivity index (χ0v) is 24.3.